The minimum Gasteiger partial charge on any atom is -0.492 e. The van der Waals surface area contributed by atoms with Crippen molar-refractivity contribution in [2.45, 2.75) is 25.9 Å². The third-order valence-corrected chi connectivity index (χ3v) is 5.10. The van der Waals surface area contributed by atoms with Gasteiger partial charge in [0.2, 0.25) is 11.1 Å². The van der Waals surface area contributed by atoms with Crippen LogP contribution in [-0.4, -0.2) is 44.5 Å². The fraction of sp³-hybridized carbons (Fsp3) is 0.250. The van der Waals surface area contributed by atoms with Crippen molar-refractivity contribution >= 4 is 29.4 Å². The van der Waals surface area contributed by atoms with Crippen molar-refractivity contribution in [2.24, 2.45) is 0 Å². The molecule has 0 saturated carbocycles. The van der Waals surface area contributed by atoms with Gasteiger partial charge in [-0.05, 0) is 66.6 Å². The van der Waals surface area contributed by atoms with Gasteiger partial charge in [-0.3, -0.25) is 10.1 Å². The Hall–Kier alpha value is -3.40. The maximum Gasteiger partial charge on any atom is 0.325 e. The Kier molecular flexibility index (Phi) is 7.02. The maximum absolute atomic E-state index is 12.2. The second-order valence-electron chi connectivity index (χ2n) is 6.36. The first-order valence-electron chi connectivity index (χ1n) is 9.29. The Bertz CT molecular complexity index is 1050. The molecule has 3 aromatic rings. The molecule has 30 heavy (non-hydrogen) atoms. The SMILES string of the molecule is CCOc1ccccc1-n1nnnc1SCC(=O)NC(=O)Nc1ccc(C)c(C)c1. The second kappa shape index (κ2) is 9.88. The van der Waals surface area contributed by atoms with E-state index in [1.54, 1.807) is 6.07 Å². The number of tetrazole rings is 1. The quantitative estimate of drug-likeness (QED) is 0.558. The second-order valence-corrected chi connectivity index (χ2v) is 7.31. The van der Waals surface area contributed by atoms with Crippen molar-refractivity contribution in [3.63, 3.8) is 0 Å². The summed E-state index contributed by atoms with van der Waals surface area (Å²) in [6.45, 7) is 6.33. The normalized spacial score (nSPS) is 10.5. The van der Waals surface area contributed by atoms with Gasteiger partial charge in [0.15, 0.2) is 0 Å². The number of ether oxygens (including phenoxy) is 1. The summed E-state index contributed by atoms with van der Waals surface area (Å²) in [4.78, 5) is 24.3. The molecule has 0 radical (unpaired) electrons. The third kappa shape index (κ3) is 5.35. The number of carbonyl (C=O) groups is 2. The van der Waals surface area contributed by atoms with Gasteiger partial charge in [-0.25, -0.2) is 4.79 Å². The smallest absolute Gasteiger partial charge is 0.325 e. The van der Waals surface area contributed by atoms with E-state index >= 15 is 0 Å². The number of anilines is 1. The lowest BCUT2D eigenvalue weighted by molar-refractivity contribution is -0.117. The predicted molar refractivity (Wildman–Crippen MR) is 114 cm³/mol. The van der Waals surface area contributed by atoms with E-state index in [0.717, 1.165) is 22.9 Å². The zero-order chi connectivity index (χ0) is 21.5. The average molecular weight is 427 g/mol. The van der Waals surface area contributed by atoms with Crippen molar-refractivity contribution < 1.29 is 14.3 Å². The molecule has 0 unspecified atom stereocenters. The van der Waals surface area contributed by atoms with Crippen LogP contribution in [0.2, 0.25) is 0 Å². The number of nitrogens with one attached hydrogen (secondary N) is 2. The number of urea groups is 1. The largest absolute Gasteiger partial charge is 0.492 e. The van der Waals surface area contributed by atoms with E-state index < -0.39 is 11.9 Å². The molecule has 1 aromatic heterocycles. The molecule has 0 atom stereocenters. The van der Waals surface area contributed by atoms with Crippen molar-refractivity contribution in [1.29, 1.82) is 0 Å². The highest BCUT2D eigenvalue weighted by atomic mass is 32.2. The fourth-order valence-electron chi connectivity index (χ4n) is 2.60. The molecular formula is C20H22N6O3S. The lowest BCUT2D eigenvalue weighted by Crippen LogP contribution is -2.35. The van der Waals surface area contributed by atoms with E-state index in [1.807, 2.05) is 57.2 Å². The van der Waals surface area contributed by atoms with Crippen LogP contribution in [0.15, 0.2) is 47.6 Å². The number of para-hydroxylation sites is 2. The summed E-state index contributed by atoms with van der Waals surface area (Å²) >= 11 is 1.12. The van der Waals surface area contributed by atoms with Crippen molar-refractivity contribution in [3.8, 4) is 11.4 Å². The number of nitrogens with zero attached hydrogens (tertiary/aromatic N) is 4. The van der Waals surface area contributed by atoms with E-state index in [9.17, 15) is 9.59 Å². The number of benzene rings is 2. The summed E-state index contributed by atoms with van der Waals surface area (Å²) in [7, 11) is 0. The van der Waals surface area contributed by atoms with E-state index in [4.69, 9.17) is 4.74 Å². The van der Waals surface area contributed by atoms with E-state index in [-0.39, 0.29) is 5.75 Å². The van der Waals surface area contributed by atoms with Gasteiger partial charge in [0, 0.05) is 5.69 Å². The van der Waals surface area contributed by atoms with Gasteiger partial charge in [-0.1, -0.05) is 30.0 Å². The molecule has 10 heteroatoms. The predicted octanol–water partition coefficient (Wildman–Crippen LogP) is 3.12. The fourth-order valence-corrected chi connectivity index (χ4v) is 3.29. The highest BCUT2D eigenvalue weighted by Gasteiger charge is 2.16. The Morgan fingerprint density at radius 2 is 1.93 bits per heavy atom. The molecule has 0 aliphatic carbocycles. The van der Waals surface area contributed by atoms with Crippen molar-refractivity contribution in [1.82, 2.24) is 25.5 Å². The van der Waals surface area contributed by atoms with Crippen LogP contribution in [0.5, 0.6) is 5.75 Å². The number of imide groups is 1. The first-order chi connectivity index (χ1) is 14.5. The standard InChI is InChI=1S/C20H22N6O3S/c1-4-29-17-8-6-5-7-16(17)26-20(23-24-25-26)30-12-18(27)22-19(28)21-15-10-9-13(2)14(3)11-15/h5-11H,4,12H2,1-3H3,(H2,21,22,27,28). The molecule has 2 N–H and O–H groups in total. The van der Waals surface area contributed by atoms with Gasteiger partial charge in [0.1, 0.15) is 11.4 Å². The number of hydrogen-bond donors (Lipinski definition) is 2. The van der Waals surface area contributed by atoms with Gasteiger partial charge in [-0.2, -0.15) is 4.68 Å². The topological polar surface area (TPSA) is 111 Å². The van der Waals surface area contributed by atoms with Crippen LogP contribution in [0, 0.1) is 13.8 Å². The number of rotatable bonds is 7. The first kappa shape index (κ1) is 21.3. The third-order valence-electron chi connectivity index (χ3n) is 4.18. The van der Waals surface area contributed by atoms with E-state index in [2.05, 4.69) is 26.2 Å². The Morgan fingerprint density at radius 1 is 1.13 bits per heavy atom. The molecule has 0 fully saturated rings. The lowest BCUT2D eigenvalue weighted by Gasteiger charge is -2.10. The number of aryl methyl sites for hydroxylation is 2. The monoisotopic (exact) mass is 426 g/mol. The van der Waals surface area contributed by atoms with Crippen LogP contribution in [-0.2, 0) is 4.79 Å². The highest BCUT2D eigenvalue weighted by molar-refractivity contribution is 7.99. The molecule has 0 saturated heterocycles. The van der Waals surface area contributed by atoms with Gasteiger partial charge in [0.05, 0.1) is 12.4 Å². The molecule has 156 valence electrons. The summed E-state index contributed by atoms with van der Waals surface area (Å²) in [5.74, 6) is 0.137. The molecule has 9 nitrogen and oxygen atoms in total. The number of aromatic nitrogens is 4. The molecule has 3 rings (SSSR count). The Balaban J connectivity index is 1.59. The summed E-state index contributed by atoms with van der Waals surface area (Å²) in [5.41, 5.74) is 3.46. The van der Waals surface area contributed by atoms with E-state index in [1.165, 1.54) is 4.68 Å². The average Bonchev–Trinajstić information content (AvgIpc) is 3.18. The van der Waals surface area contributed by atoms with Gasteiger partial charge in [0.25, 0.3) is 0 Å². The number of thioether (sulfide) groups is 1. The van der Waals surface area contributed by atoms with Crippen molar-refractivity contribution in [2.75, 3.05) is 17.7 Å². The minimum absolute atomic E-state index is 0.0302. The minimum atomic E-state index is -0.592. The van der Waals surface area contributed by atoms with Gasteiger partial charge in [-0.15, -0.1) is 5.10 Å². The van der Waals surface area contributed by atoms with Crippen molar-refractivity contribution in [3.05, 3.63) is 53.6 Å². The maximum atomic E-state index is 12.2. The summed E-state index contributed by atoms with van der Waals surface area (Å²) in [6, 6.07) is 12.3. The summed E-state index contributed by atoms with van der Waals surface area (Å²) in [5, 5.41) is 17.0. The molecule has 0 aliphatic heterocycles. The van der Waals surface area contributed by atoms with Crippen LogP contribution < -0.4 is 15.4 Å². The molecule has 0 bridgehead atoms. The van der Waals surface area contributed by atoms with Crippen LogP contribution in [0.1, 0.15) is 18.1 Å². The van der Waals surface area contributed by atoms with Gasteiger partial charge >= 0.3 is 6.03 Å². The number of amides is 3. The molecule has 3 amide bonds. The molecule has 2 aromatic carbocycles. The molecule has 0 spiro atoms. The molecule has 1 heterocycles. The zero-order valence-electron chi connectivity index (χ0n) is 16.9. The van der Waals surface area contributed by atoms with Gasteiger partial charge < -0.3 is 10.1 Å². The van der Waals surface area contributed by atoms with E-state index in [0.29, 0.717) is 28.9 Å². The zero-order valence-corrected chi connectivity index (χ0v) is 17.7. The highest BCUT2D eigenvalue weighted by Crippen LogP contribution is 2.25. The Labute approximate surface area is 178 Å². The van der Waals surface area contributed by atoms with Crippen LogP contribution >= 0.6 is 11.8 Å². The lowest BCUT2D eigenvalue weighted by atomic mass is 10.1. The van der Waals surface area contributed by atoms with Crippen LogP contribution in [0.25, 0.3) is 5.69 Å². The Morgan fingerprint density at radius 3 is 2.70 bits per heavy atom. The first-order valence-corrected chi connectivity index (χ1v) is 10.3. The molecule has 0 aliphatic rings. The van der Waals surface area contributed by atoms with Crippen LogP contribution in [0.4, 0.5) is 10.5 Å². The summed E-state index contributed by atoms with van der Waals surface area (Å²) < 4.78 is 7.11. The molecular weight excluding hydrogens is 404 g/mol. The number of carbonyl (C=O) groups excluding carboxylic acids is 2. The summed E-state index contributed by atoms with van der Waals surface area (Å²) in [6.07, 6.45) is 0. The van der Waals surface area contributed by atoms with Crippen LogP contribution in [0.3, 0.4) is 0 Å². The number of hydrogen-bond acceptors (Lipinski definition) is 7.